The van der Waals surface area contributed by atoms with Crippen LogP contribution in [0.5, 0.6) is 5.75 Å². The molecule has 0 aliphatic carbocycles. The molecule has 0 amide bonds. The molecule has 4 bridgehead atoms. The summed E-state index contributed by atoms with van der Waals surface area (Å²) < 4.78 is 63.9. The molecular weight excluding hydrogens is 713 g/mol. The van der Waals surface area contributed by atoms with Crippen LogP contribution in [-0.4, -0.2) is 70.9 Å². The Hall–Kier alpha value is -1.91. The average molecular weight is 765 g/mol. The van der Waals surface area contributed by atoms with Gasteiger partial charge in [-0.15, -0.1) is 0 Å². The third kappa shape index (κ3) is 9.74. The van der Waals surface area contributed by atoms with Gasteiger partial charge in [0.25, 0.3) is 0 Å². The topological polar surface area (TPSA) is 126 Å². The van der Waals surface area contributed by atoms with Gasteiger partial charge in [0.05, 0.1) is 29.8 Å². The Kier molecular flexibility index (Phi) is 10.6. The average Bonchev–Trinajstić information content (AvgIpc) is 2.90. The van der Waals surface area contributed by atoms with Crippen molar-refractivity contribution in [3.8, 4) is 5.75 Å². The molecule has 0 radical (unpaired) electrons. The number of carbonyl (C=O) groups excluding carboxylic acids is 2. The second kappa shape index (κ2) is 13.5. The predicted octanol–water partition coefficient (Wildman–Crippen LogP) is 7.04. The van der Waals surface area contributed by atoms with Crippen molar-refractivity contribution in [3.63, 3.8) is 0 Å². The van der Waals surface area contributed by atoms with Crippen molar-refractivity contribution in [2.75, 3.05) is 6.61 Å². The van der Waals surface area contributed by atoms with Crippen LogP contribution in [0, 0.1) is 0 Å². The van der Waals surface area contributed by atoms with Crippen LogP contribution in [0.2, 0.25) is 6.04 Å². The Morgan fingerprint density at radius 2 is 0.940 bits per heavy atom. The fourth-order valence-corrected chi connectivity index (χ4v) is 25.8. The Balaban J connectivity index is 1.24. The molecule has 4 fully saturated rings. The molecule has 0 spiro atoms. The van der Waals surface area contributed by atoms with Crippen molar-refractivity contribution in [1.82, 2.24) is 0 Å². The molecule has 16 heteroatoms. The first-order valence-corrected chi connectivity index (χ1v) is 23.9. The number of carbonyl (C=O) groups is 2. The van der Waals surface area contributed by atoms with Crippen LogP contribution in [0.25, 0.3) is 0 Å². The summed E-state index contributed by atoms with van der Waals surface area (Å²) in [6, 6.07) is 14.6. The number of Topliss-reactive ketones (excluding diaryl/α,β-unsaturated/α-hetero) is 2. The lowest BCUT2D eigenvalue weighted by Gasteiger charge is -2.61. The summed E-state index contributed by atoms with van der Waals surface area (Å²) in [5, 5.41) is 0. The lowest BCUT2D eigenvalue weighted by molar-refractivity contribution is -0.178. The molecule has 2 aromatic rings. The smallest absolute Gasteiger partial charge is 0.494 e. The minimum atomic E-state index is -3.92. The monoisotopic (exact) mass is 764 g/mol. The fourth-order valence-electron chi connectivity index (χ4n) is 5.47. The zero-order valence-corrected chi connectivity index (χ0v) is 35.3. The van der Waals surface area contributed by atoms with E-state index in [0.29, 0.717) is 35.9 Å². The summed E-state index contributed by atoms with van der Waals surface area (Å²) in [5.74, 6) is 0.0982. The van der Waals surface area contributed by atoms with Crippen LogP contribution in [0.15, 0.2) is 48.5 Å². The van der Waals surface area contributed by atoms with Gasteiger partial charge in [0.2, 0.25) is 0 Å². The van der Waals surface area contributed by atoms with Gasteiger partial charge in [0.15, 0.2) is 11.6 Å². The van der Waals surface area contributed by atoms with Crippen LogP contribution in [0.1, 0.15) is 122 Å². The first-order chi connectivity index (χ1) is 22.8. The van der Waals surface area contributed by atoms with Crippen molar-refractivity contribution < 1.29 is 52.3 Å². The molecule has 0 N–H and O–H groups in total. The first-order valence-electron chi connectivity index (χ1n) is 17.0. The maximum Gasteiger partial charge on any atom is 0.661 e. The Morgan fingerprint density at radius 3 is 1.30 bits per heavy atom. The zero-order valence-electron chi connectivity index (χ0n) is 31.3. The molecule has 4 aliphatic heterocycles. The van der Waals surface area contributed by atoms with Crippen LogP contribution in [0.3, 0.4) is 0 Å². The molecule has 6 rings (SSSR count). The van der Waals surface area contributed by atoms with Crippen LogP contribution in [-0.2, 0) is 43.4 Å². The van der Waals surface area contributed by atoms with Gasteiger partial charge in [0.1, 0.15) is 5.75 Å². The van der Waals surface area contributed by atoms with E-state index in [-0.39, 0.29) is 23.4 Å². The van der Waals surface area contributed by atoms with E-state index in [2.05, 4.69) is 20.8 Å². The standard InChI is InChI=1S/C34H52O12Si4/c1-31(2,3)27-18-14-25(15-19-27)29(35)24-30(36)26-16-20-28(21-17-26)37-22-13-23-47-41-48(38-32(4,5)6)44-49(42-47,39-33(7,8)9)46-50(43-47,45-48)40-34(10,11)12/h14-21H,13,22-24H2,1-12H3. The van der Waals surface area contributed by atoms with Gasteiger partial charge in [-0.2, -0.15) is 0 Å². The number of rotatable bonds is 12. The summed E-state index contributed by atoms with van der Waals surface area (Å²) in [7, 11) is -15.4. The van der Waals surface area contributed by atoms with Gasteiger partial charge in [0, 0.05) is 17.2 Å². The lowest BCUT2D eigenvalue weighted by atomic mass is 9.86. The Morgan fingerprint density at radius 1 is 0.560 bits per heavy atom. The molecule has 4 aliphatic rings. The van der Waals surface area contributed by atoms with E-state index in [1.165, 1.54) is 0 Å². The highest BCUT2D eigenvalue weighted by atomic mass is 28.6. The molecule has 2 aromatic carbocycles. The fraction of sp³-hybridized carbons (Fsp3) is 0.588. The Bertz CT molecular complexity index is 1470. The highest BCUT2D eigenvalue weighted by Gasteiger charge is 2.89. The summed E-state index contributed by atoms with van der Waals surface area (Å²) in [6.45, 7) is 23.6. The van der Waals surface area contributed by atoms with Gasteiger partial charge < -0.3 is 42.7 Å². The van der Waals surface area contributed by atoms with Crippen molar-refractivity contribution in [2.24, 2.45) is 0 Å². The third-order valence-corrected chi connectivity index (χ3v) is 23.6. The highest BCUT2D eigenvalue weighted by Crippen LogP contribution is 2.52. The van der Waals surface area contributed by atoms with Crippen molar-refractivity contribution >= 4 is 47.5 Å². The Labute approximate surface area is 300 Å². The number of hydrogen-bond acceptors (Lipinski definition) is 12. The SMILES string of the molecule is CC(C)(C)O[Si]12O[Si]3(CCCOc4ccc(C(=O)CC(=O)c5ccc(C(C)(C)C)cc5)cc4)O[Si](OC(C)(C)C)(O1)O[Si](OC(C)(C)C)(O3)O2. The van der Waals surface area contributed by atoms with E-state index in [1.807, 2.05) is 74.4 Å². The molecule has 12 nitrogen and oxygen atoms in total. The number of ether oxygens (including phenoxy) is 1. The largest absolute Gasteiger partial charge is 0.661 e. The molecule has 0 unspecified atom stereocenters. The molecule has 4 saturated heterocycles. The second-order valence-electron chi connectivity index (χ2n) is 16.8. The summed E-state index contributed by atoms with van der Waals surface area (Å²) in [4.78, 5) is 25.7. The van der Waals surface area contributed by atoms with Crippen LogP contribution in [0.4, 0.5) is 0 Å². The third-order valence-electron chi connectivity index (χ3n) is 7.35. The molecule has 0 aromatic heterocycles. The van der Waals surface area contributed by atoms with Crippen molar-refractivity contribution in [3.05, 3.63) is 65.2 Å². The zero-order chi connectivity index (χ0) is 37.0. The van der Waals surface area contributed by atoms with E-state index in [1.54, 1.807) is 36.4 Å². The molecule has 0 atom stereocenters. The van der Waals surface area contributed by atoms with Gasteiger partial charge >= 0.3 is 35.9 Å². The second-order valence-corrected chi connectivity index (χ2v) is 27.1. The van der Waals surface area contributed by atoms with Crippen molar-refractivity contribution in [2.45, 2.75) is 124 Å². The van der Waals surface area contributed by atoms with E-state index >= 15 is 0 Å². The summed E-state index contributed by atoms with van der Waals surface area (Å²) in [6.07, 6.45) is 0.269. The lowest BCUT2D eigenvalue weighted by Crippen LogP contribution is -2.91. The van der Waals surface area contributed by atoms with E-state index in [4.69, 9.17) is 42.7 Å². The number of ketones is 2. The van der Waals surface area contributed by atoms with Crippen molar-refractivity contribution in [1.29, 1.82) is 0 Å². The number of benzene rings is 2. The van der Waals surface area contributed by atoms with Gasteiger partial charge in [-0.1, -0.05) is 45.0 Å². The maximum atomic E-state index is 12.9. The molecule has 50 heavy (non-hydrogen) atoms. The first kappa shape index (κ1) is 39.3. The molecular formula is C34H52O12Si4. The van der Waals surface area contributed by atoms with E-state index in [9.17, 15) is 9.59 Å². The van der Waals surface area contributed by atoms with Gasteiger partial charge in [-0.05, 0) is 104 Å². The minimum absolute atomic E-state index is 0.0194. The number of hydrogen-bond donors (Lipinski definition) is 0. The van der Waals surface area contributed by atoms with Crippen LogP contribution >= 0.6 is 0 Å². The summed E-state index contributed by atoms with van der Waals surface area (Å²) >= 11 is 0. The normalized spacial score (nSPS) is 28.2. The highest BCUT2D eigenvalue weighted by molar-refractivity contribution is 6.98. The maximum absolute atomic E-state index is 12.9. The van der Waals surface area contributed by atoms with E-state index < -0.39 is 52.8 Å². The molecule has 4 heterocycles. The van der Waals surface area contributed by atoms with E-state index in [0.717, 1.165) is 5.56 Å². The molecule has 0 saturated carbocycles. The van der Waals surface area contributed by atoms with Gasteiger partial charge in [-0.25, -0.2) is 0 Å². The predicted molar refractivity (Wildman–Crippen MR) is 192 cm³/mol. The minimum Gasteiger partial charge on any atom is -0.494 e. The van der Waals surface area contributed by atoms with Gasteiger partial charge in [-0.3, -0.25) is 9.59 Å². The summed E-state index contributed by atoms with van der Waals surface area (Å²) in [5.41, 5.74) is -0.00953. The van der Waals surface area contributed by atoms with Crippen LogP contribution < -0.4 is 4.74 Å². The molecule has 276 valence electrons. The quantitative estimate of drug-likeness (QED) is 0.0953.